The molecule has 1 N–H and O–H groups in total. The molecule has 0 bridgehead atoms. The fourth-order valence-corrected chi connectivity index (χ4v) is 5.29. The van der Waals surface area contributed by atoms with Crippen molar-refractivity contribution in [2.24, 2.45) is 0 Å². The van der Waals surface area contributed by atoms with Gasteiger partial charge in [0.05, 0.1) is 0 Å². The van der Waals surface area contributed by atoms with Gasteiger partial charge in [-0.1, -0.05) is 121 Å². The molecule has 2 aromatic rings. The summed E-state index contributed by atoms with van der Waals surface area (Å²) in [5.41, 5.74) is 4.95. The fourth-order valence-electron chi connectivity index (χ4n) is 5.29. The van der Waals surface area contributed by atoms with Crippen LogP contribution in [0.25, 0.3) is 6.08 Å². The largest absolute Gasteiger partial charge is 0.478 e. The standard InChI is InChI=1S/C34H51NO3/c1-4-5-6-7-8-9-10-11-12-13-14-15-16-17-18-19-32(36)34-28(2)26-35(29(34)3)27-31-22-20-30(21-23-31)24-25-33(37)38/h20-26H,4-19,27H2,1-3H3,(H,37,38). The van der Waals surface area contributed by atoms with Crippen molar-refractivity contribution < 1.29 is 14.7 Å². The number of unbranched alkanes of at least 4 members (excludes halogenated alkanes) is 14. The lowest BCUT2D eigenvalue weighted by Gasteiger charge is -2.08. The van der Waals surface area contributed by atoms with Gasteiger partial charge in [0.2, 0.25) is 0 Å². The number of carboxylic acids is 1. The van der Waals surface area contributed by atoms with Crippen molar-refractivity contribution in [3.63, 3.8) is 0 Å². The molecule has 0 saturated carbocycles. The van der Waals surface area contributed by atoms with Crippen molar-refractivity contribution in [1.82, 2.24) is 4.57 Å². The smallest absolute Gasteiger partial charge is 0.328 e. The zero-order chi connectivity index (χ0) is 27.6. The summed E-state index contributed by atoms with van der Waals surface area (Å²) in [6.07, 6.45) is 25.4. The first-order valence-corrected chi connectivity index (χ1v) is 15.1. The number of aromatic nitrogens is 1. The molecule has 0 fully saturated rings. The Kier molecular flexibility index (Phi) is 15.5. The van der Waals surface area contributed by atoms with Gasteiger partial charge in [0.25, 0.3) is 0 Å². The van der Waals surface area contributed by atoms with Gasteiger partial charge < -0.3 is 9.67 Å². The summed E-state index contributed by atoms with van der Waals surface area (Å²) in [6, 6.07) is 7.85. The second-order valence-electron chi connectivity index (χ2n) is 10.9. The number of benzene rings is 1. The summed E-state index contributed by atoms with van der Waals surface area (Å²) in [5, 5.41) is 8.77. The maximum atomic E-state index is 13.0. The lowest BCUT2D eigenvalue weighted by atomic mass is 10.0. The molecule has 0 aliphatic carbocycles. The third kappa shape index (κ3) is 12.3. The lowest BCUT2D eigenvalue weighted by molar-refractivity contribution is -0.131. The minimum absolute atomic E-state index is 0.266. The maximum absolute atomic E-state index is 13.0. The first-order valence-electron chi connectivity index (χ1n) is 15.1. The Balaban J connectivity index is 1.62. The van der Waals surface area contributed by atoms with Gasteiger partial charge in [0.1, 0.15) is 0 Å². The number of aryl methyl sites for hydroxylation is 1. The van der Waals surface area contributed by atoms with E-state index in [9.17, 15) is 9.59 Å². The van der Waals surface area contributed by atoms with Crippen molar-refractivity contribution in [1.29, 1.82) is 0 Å². The Morgan fingerprint density at radius 2 is 1.26 bits per heavy atom. The van der Waals surface area contributed by atoms with Crippen molar-refractivity contribution in [3.8, 4) is 0 Å². The van der Waals surface area contributed by atoms with Crippen LogP contribution in [0.15, 0.2) is 36.5 Å². The average molecular weight is 522 g/mol. The molecule has 0 radical (unpaired) electrons. The molecule has 0 unspecified atom stereocenters. The summed E-state index contributed by atoms with van der Waals surface area (Å²) in [4.78, 5) is 23.7. The van der Waals surface area contributed by atoms with Gasteiger partial charge in [-0.3, -0.25) is 4.79 Å². The van der Waals surface area contributed by atoms with Gasteiger partial charge in [-0.05, 0) is 43.0 Å². The van der Waals surface area contributed by atoms with E-state index in [1.165, 1.54) is 83.5 Å². The van der Waals surface area contributed by atoms with Gasteiger partial charge in [0.15, 0.2) is 5.78 Å². The van der Waals surface area contributed by atoms with Gasteiger partial charge in [-0.25, -0.2) is 4.79 Å². The van der Waals surface area contributed by atoms with E-state index in [1.54, 1.807) is 6.08 Å². The molecule has 1 aromatic carbocycles. The molecule has 0 amide bonds. The molecule has 4 nitrogen and oxygen atoms in total. The molecule has 1 heterocycles. The van der Waals surface area contributed by atoms with Crippen LogP contribution in [0.2, 0.25) is 0 Å². The van der Waals surface area contributed by atoms with Gasteiger partial charge in [0, 0.05) is 36.5 Å². The number of carboxylic acid groups (broad SMARTS) is 1. The van der Waals surface area contributed by atoms with Crippen LogP contribution in [-0.2, 0) is 11.3 Å². The van der Waals surface area contributed by atoms with Crippen LogP contribution in [0.4, 0.5) is 0 Å². The predicted molar refractivity (Wildman–Crippen MR) is 160 cm³/mol. The number of hydrogen-bond donors (Lipinski definition) is 1. The van der Waals surface area contributed by atoms with Crippen LogP contribution in [0.3, 0.4) is 0 Å². The molecule has 0 aliphatic heterocycles. The molecule has 4 heteroatoms. The third-order valence-corrected chi connectivity index (χ3v) is 7.57. The molecular formula is C34H51NO3. The second kappa shape index (κ2) is 18.6. The Labute approximate surface area is 231 Å². The van der Waals surface area contributed by atoms with E-state index in [0.29, 0.717) is 13.0 Å². The Morgan fingerprint density at radius 3 is 1.76 bits per heavy atom. The minimum Gasteiger partial charge on any atom is -0.478 e. The van der Waals surface area contributed by atoms with Crippen molar-refractivity contribution >= 4 is 17.8 Å². The molecule has 0 aliphatic rings. The highest BCUT2D eigenvalue weighted by Gasteiger charge is 2.16. The van der Waals surface area contributed by atoms with Gasteiger partial charge >= 0.3 is 5.97 Å². The van der Waals surface area contributed by atoms with Crippen molar-refractivity contribution in [3.05, 3.63) is 64.5 Å². The maximum Gasteiger partial charge on any atom is 0.328 e. The van der Waals surface area contributed by atoms with E-state index in [4.69, 9.17) is 5.11 Å². The topological polar surface area (TPSA) is 59.3 Å². The molecule has 0 saturated heterocycles. The first kappa shape index (κ1) is 31.6. The van der Waals surface area contributed by atoms with E-state index in [0.717, 1.165) is 46.9 Å². The first-order chi connectivity index (χ1) is 18.4. The van der Waals surface area contributed by atoms with E-state index < -0.39 is 5.97 Å². The third-order valence-electron chi connectivity index (χ3n) is 7.57. The Bertz CT molecular complexity index is 984. The lowest BCUT2D eigenvalue weighted by Crippen LogP contribution is -2.05. The summed E-state index contributed by atoms with van der Waals surface area (Å²) in [7, 11) is 0. The summed E-state index contributed by atoms with van der Waals surface area (Å²) in [6.45, 7) is 7.04. The number of Topliss-reactive ketones (excluding diaryl/α,β-unsaturated/α-hetero) is 1. The summed E-state index contributed by atoms with van der Waals surface area (Å²) in [5.74, 6) is -0.684. The van der Waals surface area contributed by atoms with Crippen LogP contribution in [-0.4, -0.2) is 21.4 Å². The zero-order valence-corrected chi connectivity index (χ0v) is 24.3. The minimum atomic E-state index is -0.950. The van der Waals surface area contributed by atoms with Crippen LogP contribution in [0, 0.1) is 13.8 Å². The van der Waals surface area contributed by atoms with Crippen LogP contribution >= 0.6 is 0 Å². The Hall–Kier alpha value is -2.62. The number of ketones is 1. The highest BCUT2D eigenvalue weighted by Crippen LogP contribution is 2.22. The van der Waals surface area contributed by atoms with Crippen LogP contribution in [0.1, 0.15) is 142 Å². The average Bonchev–Trinajstić information content (AvgIpc) is 3.18. The molecule has 1 aromatic heterocycles. The number of aliphatic carboxylic acids is 1. The Morgan fingerprint density at radius 1 is 0.763 bits per heavy atom. The van der Waals surface area contributed by atoms with E-state index in [1.807, 2.05) is 38.1 Å². The van der Waals surface area contributed by atoms with E-state index in [-0.39, 0.29) is 5.78 Å². The molecular weight excluding hydrogens is 470 g/mol. The number of carbonyl (C=O) groups is 2. The SMILES string of the molecule is CCCCCCCCCCCCCCCCCC(=O)c1c(C)cn(Cc2ccc(C=CC(=O)O)cc2)c1C. The number of nitrogens with zero attached hydrogens (tertiary/aromatic N) is 1. The fraction of sp³-hybridized carbons (Fsp3) is 0.588. The number of hydrogen-bond acceptors (Lipinski definition) is 2. The molecule has 210 valence electrons. The zero-order valence-electron chi connectivity index (χ0n) is 24.3. The van der Waals surface area contributed by atoms with Crippen LogP contribution in [0.5, 0.6) is 0 Å². The number of rotatable bonds is 21. The monoisotopic (exact) mass is 521 g/mol. The van der Waals surface area contributed by atoms with Gasteiger partial charge in [-0.2, -0.15) is 0 Å². The second-order valence-corrected chi connectivity index (χ2v) is 10.9. The molecule has 0 atom stereocenters. The van der Waals surface area contributed by atoms with E-state index >= 15 is 0 Å². The normalized spacial score (nSPS) is 11.4. The number of carbonyl (C=O) groups excluding carboxylic acids is 1. The predicted octanol–water partition coefficient (Wildman–Crippen LogP) is 9.70. The molecule has 38 heavy (non-hydrogen) atoms. The quantitative estimate of drug-likeness (QED) is 0.101. The molecule has 0 spiro atoms. The van der Waals surface area contributed by atoms with Crippen molar-refractivity contribution in [2.45, 2.75) is 130 Å². The van der Waals surface area contributed by atoms with Crippen LogP contribution < -0.4 is 0 Å². The van der Waals surface area contributed by atoms with Crippen molar-refractivity contribution in [2.75, 3.05) is 0 Å². The summed E-state index contributed by atoms with van der Waals surface area (Å²) >= 11 is 0. The highest BCUT2D eigenvalue weighted by atomic mass is 16.4. The molecule has 2 rings (SSSR count). The summed E-state index contributed by atoms with van der Waals surface area (Å²) < 4.78 is 2.15. The van der Waals surface area contributed by atoms with E-state index in [2.05, 4.69) is 17.7 Å². The van der Waals surface area contributed by atoms with Gasteiger partial charge in [-0.15, -0.1) is 0 Å². The highest BCUT2D eigenvalue weighted by molar-refractivity contribution is 5.98.